The zero-order valence-corrected chi connectivity index (χ0v) is 14.2. The Balaban J connectivity index is 1.70. The van der Waals surface area contributed by atoms with E-state index < -0.39 is 0 Å². The summed E-state index contributed by atoms with van der Waals surface area (Å²) in [6, 6.07) is 3.20. The summed E-state index contributed by atoms with van der Waals surface area (Å²) in [7, 11) is 3.10. The third-order valence-electron chi connectivity index (χ3n) is 3.94. The monoisotopic (exact) mass is 344 g/mol. The van der Waals surface area contributed by atoms with Crippen LogP contribution < -0.4 is 19.7 Å². The zero-order chi connectivity index (χ0) is 17.6. The van der Waals surface area contributed by atoms with Crippen molar-refractivity contribution in [2.24, 2.45) is 0 Å². The molecular weight excluding hydrogens is 324 g/mol. The van der Waals surface area contributed by atoms with Gasteiger partial charge < -0.3 is 19.7 Å². The number of amides is 1. The molecule has 1 N–H and O–H groups in total. The van der Waals surface area contributed by atoms with E-state index in [1.165, 1.54) is 6.33 Å². The molecule has 1 unspecified atom stereocenters. The molecule has 0 saturated carbocycles. The molecule has 25 heavy (non-hydrogen) atoms. The van der Waals surface area contributed by atoms with Crippen molar-refractivity contribution in [1.82, 2.24) is 25.3 Å². The molecule has 1 atom stereocenters. The topological polar surface area (TPSA) is 102 Å². The maximum absolute atomic E-state index is 12.3. The minimum absolute atomic E-state index is 0.0167. The van der Waals surface area contributed by atoms with Crippen molar-refractivity contribution in [3.8, 4) is 11.8 Å². The molecule has 1 aliphatic rings. The maximum Gasteiger partial charge on any atom is 0.270 e. The van der Waals surface area contributed by atoms with Gasteiger partial charge in [0.2, 0.25) is 17.7 Å². The van der Waals surface area contributed by atoms with Crippen LogP contribution in [-0.4, -0.2) is 59.2 Å². The number of hydrogen-bond acceptors (Lipinski definition) is 8. The number of piperidine rings is 1. The van der Waals surface area contributed by atoms with E-state index in [4.69, 9.17) is 9.47 Å². The third kappa shape index (κ3) is 4.11. The molecule has 2 aromatic heterocycles. The van der Waals surface area contributed by atoms with Gasteiger partial charge in [0.15, 0.2) is 0 Å². The van der Waals surface area contributed by atoms with Crippen LogP contribution in [0.5, 0.6) is 11.8 Å². The number of methoxy groups -OCH3 is 2. The smallest absolute Gasteiger partial charge is 0.270 e. The number of ether oxygens (including phenoxy) is 2. The second-order valence-electron chi connectivity index (χ2n) is 5.61. The number of nitrogens with one attached hydrogen (secondary N) is 1. The number of rotatable bonds is 5. The van der Waals surface area contributed by atoms with Crippen LogP contribution in [0, 0.1) is 0 Å². The first-order valence-corrected chi connectivity index (χ1v) is 7.98. The van der Waals surface area contributed by atoms with Crippen LogP contribution in [0.2, 0.25) is 0 Å². The van der Waals surface area contributed by atoms with Crippen molar-refractivity contribution in [1.29, 1.82) is 0 Å². The summed E-state index contributed by atoms with van der Waals surface area (Å²) >= 11 is 0. The molecule has 1 saturated heterocycles. The summed E-state index contributed by atoms with van der Waals surface area (Å²) < 4.78 is 10.4. The second-order valence-corrected chi connectivity index (χ2v) is 5.61. The summed E-state index contributed by atoms with van der Waals surface area (Å²) in [5, 5.41) is 3.00. The summed E-state index contributed by atoms with van der Waals surface area (Å²) in [6.45, 7) is 1.41. The summed E-state index contributed by atoms with van der Waals surface area (Å²) in [5.41, 5.74) is 0.353. The maximum atomic E-state index is 12.3. The molecule has 1 amide bonds. The van der Waals surface area contributed by atoms with Gasteiger partial charge in [-0.3, -0.25) is 4.79 Å². The lowest BCUT2D eigenvalue weighted by molar-refractivity contribution is 0.0927. The second kappa shape index (κ2) is 7.73. The Labute approximate surface area is 145 Å². The predicted molar refractivity (Wildman–Crippen MR) is 89.9 cm³/mol. The van der Waals surface area contributed by atoms with Gasteiger partial charge in [0.1, 0.15) is 12.0 Å². The highest BCUT2D eigenvalue weighted by Crippen LogP contribution is 2.23. The molecule has 132 valence electrons. The normalized spacial score (nSPS) is 17.0. The Morgan fingerprint density at radius 3 is 2.68 bits per heavy atom. The molecule has 2 aromatic rings. The standard InChI is InChI=1S/C16H20N6O3/c1-24-13-8-14(25-2)21-16(20-13)22-7-3-4-11(9-22)19-15(23)12-5-6-17-10-18-12/h5-6,8,10-11H,3-4,7,9H2,1-2H3,(H,19,23). The summed E-state index contributed by atoms with van der Waals surface area (Å²) in [6.07, 6.45) is 4.70. The van der Waals surface area contributed by atoms with Crippen LogP contribution in [0.3, 0.4) is 0 Å². The average molecular weight is 344 g/mol. The molecule has 9 heteroatoms. The van der Waals surface area contributed by atoms with Crippen LogP contribution in [-0.2, 0) is 0 Å². The Bertz CT molecular complexity index is 705. The van der Waals surface area contributed by atoms with Gasteiger partial charge in [-0.15, -0.1) is 0 Å². The fourth-order valence-electron chi connectivity index (χ4n) is 2.70. The quantitative estimate of drug-likeness (QED) is 0.845. The molecule has 1 aliphatic heterocycles. The first kappa shape index (κ1) is 16.9. The van der Waals surface area contributed by atoms with Crippen LogP contribution in [0.1, 0.15) is 23.3 Å². The van der Waals surface area contributed by atoms with Crippen molar-refractivity contribution in [2.75, 3.05) is 32.2 Å². The van der Waals surface area contributed by atoms with Gasteiger partial charge >= 0.3 is 0 Å². The van der Waals surface area contributed by atoms with Crippen molar-refractivity contribution in [3.05, 3.63) is 30.4 Å². The van der Waals surface area contributed by atoms with Crippen LogP contribution in [0.4, 0.5) is 5.95 Å². The first-order chi connectivity index (χ1) is 12.2. The molecule has 0 aliphatic carbocycles. The molecule has 0 spiro atoms. The third-order valence-corrected chi connectivity index (χ3v) is 3.94. The highest BCUT2D eigenvalue weighted by molar-refractivity contribution is 5.92. The zero-order valence-electron chi connectivity index (χ0n) is 14.2. The number of carbonyl (C=O) groups is 1. The Kier molecular flexibility index (Phi) is 5.22. The molecule has 3 heterocycles. The van der Waals surface area contributed by atoms with Crippen molar-refractivity contribution >= 4 is 11.9 Å². The van der Waals surface area contributed by atoms with Crippen molar-refractivity contribution in [2.45, 2.75) is 18.9 Å². The van der Waals surface area contributed by atoms with Gasteiger partial charge in [0.25, 0.3) is 5.91 Å². The number of anilines is 1. The lowest BCUT2D eigenvalue weighted by Gasteiger charge is -2.33. The van der Waals surface area contributed by atoms with Gasteiger partial charge in [0.05, 0.1) is 20.3 Å². The lowest BCUT2D eigenvalue weighted by Crippen LogP contribution is -2.48. The fraction of sp³-hybridized carbons (Fsp3) is 0.438. The Morgan fingerprint density at radius 2 is 2.04 bits per heavy atom. The summed E-state index contributed by atoms with van der Waals surface area (Å²) in [5.74, 6) is 1.19. The van der Waals surface area contributed by atoms with Crippen molar-refractivity contribution < 1.29 is 14.3 Å². The molecule has 9 nitrogen and oxygen atoms in total. The van der Waals surface area contributed by atoms with Crippen LogP contribution in [0.15, 0.2) is 24.7 Å². The van der Waals surface area contributed by atoms with E-state index in [1.54, 1.807) is 32.5 Å². The van der Waals surface area contributed by atoms with E-state index in [0.29, 0.717) is 29.9 Å². The van der Waals surface area contributed by atoms with Crippen LogP contribution >= 0.6 is 0 Å². The van der Waals surface area contributed by atoms with E-state index in [0.717, 1.165) is 19.4 Å². The Morgan fingerprint density at radius 1 is 1.28 bits per heavy atom. The minimum atomic E-state index is -0.210. The SMILES string of the molecule is COc1cc(OC)nc(N2CCCC(NC(=O)c3ccncn3)C2)n1. The van der Waals surface area contributed by atoms with E-state index >= 15 is 0 Å². The highest BCUT2D eigenvalue weighted by atomic mass is 16.5. The van der Waals surface area contributed by atoms with Gasteiger partial charge in [-0.25, -0.2) is 9.97 Å². The first-order valence-electron chi connectivity index (χ1n) is 7.98. The number of aromatic nitrogens is 4. The van der Waals surface area contributed by atoms with Gasteiger partial charge in [-0.05, 0) is 18.9 Å². The van der Waals surface area contributed by atoms with E-state index in [9.17, 15) is 4.79 Å². The minimum Gasteiger partial charge on any atom is -0.481 e. The lowest BCUT2D eigenvalue weighted by atomic mass is 10.1. The molecule has 0 bridgehead atoms. The molecule has 0 aromatic carbocycles. The largest absolute Gasteiger partial charge is 0.481 e. The molecule has 3 rings (SSSR count). The van der Waals surface area contributed by atoms with Gasteiger partial charge in [0, 0.05) is 25.3 Å². The van der Waals surface area contributed by atoms with Crippen LogP contribution in [0.25, 0.3) is 0 Å². The molecule has 1 fully saturated rings. The Hall–Kier alpha value is -2.97. The number of nitrogens with zero attached hydrogens (tertiary/aromatic N) is 5. The van der Waals surface area contributed by atoms with E-state index in [-0.39, 0.29) is 11.9 Å². The van der Waals surface area contributed by atoms with Gasteiger partial charge in [-0.1, -0.05) is 0 Å². The molecule has 0 radical (unpaired) electrons. The summed E-state index contributed by atoms with van der Waals surface area (Å²) in [4.78, 5) is 30.8. The average Bonchev–Trinajstić information content (AvgIpc) is 2.68. The predicted octanol–water partition coefficient (Wildman–Crippen LogP) is 0.683. The molecular formula is C16H20N6O3. The number of carbonyl (C=O) groups excluding carboxylic acids is 1. The highest BCUT2D eigenvalue weighted by Gasteiger charge is 2.24. The van der Waals surface area contributed by atoms with E-state index in [2.05, 4.69) is 25.3 Å². The van der Waals surface area contributed by atoms with E-state index in [1.807, 2.05) is 4.90 Å². The van der Waals surface area contributed by atoms with Crippen molar-refractivity contribution in [3.63, 3.8) is 0 Å². The number of hydrogen-bond donors (Lipinski definition) is 1. The fourth-order valence-corrected chi connectivity index (χ4v) is 2.70. The van der Waals surface area contributed by atoms with Gasteiger partial charge in [-0.2, -0.15) is 9.97 Å².